The third kappa shape index (κ3) is 4.00. The Morgan fingerprint density at radius 1 is 1.53 bits per heavy atom. The van der Waals surface area contributed by atoms with Crippen molar-refractivity contribution in [1.29, 1.82) is 0 Å². The third-order valence-electron chi connectivity index (χ3n) is 2.35. The van der Waals surface area contributed by atoms with E-state index in [-0.39, 0.29) is 22.9 Å². The predicted molar refractivity (Wildman–Crippen MR) is 70.0 cm³/mol. The maximum absolute atomic E-state index is 11.8. The molecular weight excluding hydrogens is 248 g/mol. The van der Waals surface area contributed by atoms with E-state index in [0.29, 0.717) is 13.0 Å². The van der Waals surface area contributed by atoms with Crippen molar-refractivity contribution in [3.8, 4) is 17.6 Å². The summed E-state index contributed by atoms with van der Waals surface area (Å²) in [6.45, 7) is 2.12. The van der Waals surface area contributed by atoms with Gasteiger partial charge in [0.25, 0.3) is 5.91 Å². The van der Waals surface area contributed by atoms with Gasteiger partial charge in [-0.2, -0.15) is 0 Å². The smallest absolute Gasteiger partial charge is 0.311 e. The van der Waals surface area contributed by atoms with Gasteiger partial charge in [0, 0.05) is 24.6 Å². The van der Waals surface area contributed by atoms with Crippen LogP contribution < -0.4 is 10.1 Å². The number of nitrogens with one attached hydrogen (secondary N) is 1. The summed E-state index contributed by atoms with van der Waals surface area (Å²) in [5.74, 6) is 5.28. The van der Waals surface area contributed by atoms with E-state index in [1.807, 2.05) is 0 Å². The minimum Gasteiger partial charge on any atom is -0.490 e. The Morgan fingerprint density at radius 2 is 2.26 bits per heavy atom. The summed E-state index contributed by atoms with van der Waals surface area (Å²) in [6.07, 6.45) is 0.542. The van der Waals surface area contributed by atoms with Gasteiger partial charge in [-0.3, -0.25) is 14.9 Å². The molecule has 0 aliphatic rings. The SMILES string of the molecule is CC#CCCNC(=O)c1ccc(OC)c([N+](=O)[O-])c1. The number of nitro groups is 1. The number of nitrogens with zero attached hydrogens (tertiary/aromatic N) is 1. The molecule has 0 spiro atoms. The summed E-state index contributed by atoms with van der Waals surface area (Å²) in [7, 11) is 1.34. The van der Waals surface area contributed by atoms with Crippen LogP contribution in [0.2, 0.25) is 0 Å². The van der Waals surface area contributed by atoms with Gasteiger partial charge in [-0.25, -0.2) is 0 Å². The zero-order valence-corrected chi connectivity index (χ0v) is 10.7. The minimum atomic E-state index is -0.585. The number of benzene rings is 1. The summed E-state index contributed by atoms with van der Waals surface area (Å²) in [5.41, 5.74) is -0.0135. The van der Waals surface area contributed by atoms with Gasteiger partial charge in [0.1, 0.15) is 0 Å². The van der Waals surface area contributed by atoms with Crippen LogP contribution in [0, 0.1) is 22.0 Å². The number of ether oxygens (including phenoxy) is 1. The Hall–Kier alpha value is -2.55. The second kappa shape index (κ2) is 7.01. The highest BCUT2D eigenvalue weighted by molar-refractivity contribution is 5.95. The normalized spacial score (nSPS) is 9.16. The second-order valence-electron chi connectivity index (χ2n) is 3.58. The van der Waals surface area contributed by atoms with E-state index in [4.69, 9.17) is 4.74 Å². The molecule has 0 aliphatic carbocycles. The number of carbonyl (C=O) groups excluding carboxylic acids is 1. The molecule has 0 saturated carbocycles. The third-order valence-corrected chi connectivity index (χ3v) is 2.35. The lowest BCUT2D eigenvalue weighted by molar-refractivity contribution is -0.385. The molecule has 0 heterocycles. The van der Waals surface area contributed by atoms with Crippen molar-refractivity contribution in [3.63, 3.8) is 0 Å². The predicted octanol–water partition coefficient (Wildman–Crippen LogP) is 1.75. The van der Waals surface area contributed by atoms with E-state index in [0.717, 1.165) is 0 Å². The van der Waals surface area contributed by atoms with Crippen molar-refractivity contribution in [3.05, 3.63) is 33.9 Å². The number of amides is 1. The first-order chi connectivity index (χ1) is 9.10. The van der Waals surface area contributed by atoms with Crippen molar-refractivity contribution in [2.24, 2.45) is 0 Å². The summed E-state index contributed by atoms with van der Waals surface area (Å²) >= 11 is 0. The van der Waals surface area contributed by atoms with Crippen LogP contribution >= 0.6 is 0 Å². The standard InChI is InChI=1S/C13H14N2O4/c1-3-4-5-8-14-13(16)10-6-7-12(19-2)11(9-10)15(17)18/h6-7,9H,5,8H2,1-2H3,(H,14,16). The molecule has 0 radical (unpaired) electrons. The number of nitro benzene ring substituents is 1. The van der Waals surface area contributed by atoms with Crippen LogP contribution in [0.1, 0.15) is 23.7 Å². The number of hydrogen-bond acceptors (Lipinski definition) is 4. The van der Waals surface area contributed by atoms with Crippen LogP contribution in [0.3, 0.4) is 0 Å². The van der Waals surface area contributed by atoms with Crippen LogP contribution in [0.5, 0.6) is 5.75 Å². The minimum absolute atomic E-state index is 0.124. The molecule has 0 aromatic heterocycles. The van der Waals surface area contributed by atoms with E-state index in [1.54, 1.807) is 6.92 Å². The zero-order chi connectivity index (χ0) is 14.3. The molecular formula is C13H14N2O4. The highest BCUT2D eigenvalue weighted by Gasteiger charge is 2.17. The summed E-state index contributed by atoms with van der Waals surface area (Å²) in [6, 6.07) is 4.07. The van der Waals surface area contributed by atoms with Crippen molar-refractivity contribution < 1.29 is 14.5 Å². The van der Waals surface area contributed by atoms with Crippen molar-refractivity contribution in [2.45, 2.75) is 13.3 Å². The second-order valence-corrected chi connectivity index (χ2v) is 3.58. The van der Waals surface area contributed by atoms with Crippen LogP contribution in [-0.4, -0.2) is 24.5 Å². The first-order valence-electron chi connectivity index (χ1n) is 5.60. The molecule has 100 valence electrons. The van der Waals surface area contributed by atoms with Gasteiger partial charge in [0.2, 0.25) is 0 Å². The lowest BCUT2D eigenvalue weighted by Crippen LogP contribution is -2.24. The molecule has 0 aliphatic heterocycles. The Bertz CT molecular complexity index is 543. The Labute approximate surface area is 110 Å². The maximum atomic E-state index is 11.8. The zero-order valence-electron chi connectivity index (χ0n) is 10.7. The van der Waals surface area contributed by atoms with Crippen LogP contribution in [0.4, 0.5) is 5.69 Å². The van der Waals surface area contributed by atoms with Crippen LogP contribution in [0.15, 0.2) is 18.2 Å². The molecule has 1 amide bonds. The molecule has 0 unspecified atom stereocenters. The first-order valence-corrected chi connectivity index (χ1v) is 5.60. The monoisotopic (exact) mass is 262 g/mol. The van der Waals surface area contributed by atoms with Crippen molar-refractivity contribution in [1.82, 2.24) is 5.32 Å². The fourth-order valence-electron chi connectivity index (χ4n) is 1.44. The summed E-state index contributed by atoms with van der Waals surface area (Å²) < 4.78 is 4.86. The fourth-order valence-corrected chi connectivity index (χ4v) is 1.44. The average Bonchev–Trinajstić information content (AvgIpc) is 2.42. The van der Waals surface area contributed by atoms with Gasteiger partial charge >= 0.3 is 5.69 Å². The van der Waals surface area contributed by atoms with E-state index in [1.165, 1.54) is 25.3 Å². The maximum Gasteiger partial charge on any atom is 0.311 e. The van der Waals surface area contributed by atoms with Crippen LogP contribution in [0.25, 0.3) is 0 Å². The average molecular weight is 262 g/mol. The largest absolute Gasteiger partial charge is 0.490 e. The highest BCUT2D eigenvalue weighted by Crippen LogP contribution is 2.27. The molecule has 6 nitrogen and oxygen atoms in total. The molecule has 0 bridgehead atoms. The molecule has 0 fully saturated rings. The highest BCUT2D eigenvalue weighted by atomic mass is 16.6. The first kappa shape index (κ1) is 14.5. The summed E-state index contributed by atoms with van der Waals surface area (Å²) in [5, 5.41) is 13.5. The molecule has 6 heteroatoms. The van der Waals surface area contributed by atoms with Crippen molar-refractivity contribution in [2.75, 3.05) is 13.7 Å². The molecule has 0 atom stereocenters. The lowest BCUT2D eigenvalue weighted by Gasteiger charge is -2.05. The van der Waals surface area contributed by atoms with Gasteiger partial charge in [0.15, 0.2) is 5.75 Å². The Morgan fingerprint density at radius 3 is 2.84 bits per heavy atom. The van der Waals surface area contributed by atoms with E-state index in [2.05, 4.69) is 17.2 Å². The molecule has 19 heavy (non-hydrogen) atoms. The molecule has 1 rings (SSSR count). The number of rotatable bonds is 5. The molecule has 0 saturated heterocycles. The van der Waals surface area contributed by atoms with Crippen molar-refractivity contribution >= 4 is 11.6 Å². The van der Waals surface area contributed by atoms with Gasteiger partial charge in [0.05, 0.1) is 12.0 Å². The number of carbonyl (C=O) groups is 1. The van der Waals surface area contributed by atoms with Gasteiger partial charge in [-0.1, -0.05) is 0 Å². The number of methoxy groups -OCH3 is 1. The molecule has 1 aromatic carbocycles. The van der Waals surface area contributed by atoms with Gasteiger partial charge < -0.3 is 10.1 Å². The molecule has 1 aromatic rings. The topological polar surface area (TPSA) is 81.5 Å². The van der Waals surface area contributed by atoms with Crippen LogP contribution in [-0.2, 0) is 0 Å². The molecule has 1 N–H and O–H groups in total. The summed E-state index contributed by atoms with van der Waals surface area (Å²) in [4.78, 5) is 22.0. The lowest BCUT2D eigenvalue weighted by atomic mass is 10.1. The van der Waals surface area contributed by atoms with Gasteiger partial charge in [-0.05, 0) is 19.1 Å². The Balaban J connectivity index is 2.82. The van der Waals surface area contributed by atoms with E-state index < -0.39 is 4.92 Å². The van der Waals surface area contributed by atoms with E-state index >= 15 is 0 Å². The van der Waals surface area contributed by atoms with E-state index in [9.17, 15) is 14.9 Å². The van der Waals surface area contributed by atoms with Gasteiger partial charge in [-0.15, -0.1) is 11.8 Å². The Kier molecular flexibility index (Phi) is 5.35. The quantitative estimate of drug-likeness (QED) is 0.379. The number of hydrogen-bond donors (Lipinski definition) is 1. The fraction of sp³-hybridized carbons (Fsp3) is 0.308.